The summed E-state index contributed by atoms with van der Waals surface area (Å²) in [4.78, 5) is 11.5. The first kappa shape index (κ1) is 29.4. The second-order valence-corrected chi connectivity index (χ2v) is 12.3. The van der Waals surface area contributed by atoms with Crippen molar-refractivity contribution in [2.45, 2.75) is 16.7 Å². The number of benzene rings is 5. The molecule has 47 heavy (non-hydrogen) atoms. The molecule has 232 valence electrons. The van der Waals surface area contributed by atoms with Gasteiger partial charge in [0.25, 0.3) is 0 Å². The van der Waals surface area contributed by atoms with Gasteiger partial charge in [-0.2, -0.15) is 30.0 Å². The van der Waals surface area contributed by atoms with E-state index in [-0.39, 0.29) is 21.1 Å². The van der Waals surface area contributed by atoms with Crippen LogP contribution in [0.25, 0.3) is 11.4 Å². The molecule has 0 aliphatic carbocycles. The molecular formula is C38H26N6OPtS-2. The van der Waals surface area contributed by atoms with E-state index in [9.17, 15) is 0 Å². The van der Waals surface area contributed by atoms with Crippen molar-refractivity contribution in [3.63, 3.8) is 0 Å². The van der Waals surface area contributed by atoms with Crippen molar-refractivity contribution in [3.05, 3.63) is 146 Å². The topological polar surface area (TPSA) is 42.3 Å². The van der Waals surface area contributed by atoms with E-state index in [2.05, 4.69) is 101 Å². The molecule has 0 bridgehead atoms. The monoisotopic (exact) mass is 809 g/mol. The summed E-state index contributed by atoms with van der Waals surface area (Å²) in [6.07, 6.45) is 9.32. The molecule has 0 spiro atoms. The molecule has 0 saturated carbocycles. The third-order valence-corrected chi connectivity index (χ3v) is 9.28. The molecule has 2 aromatic heterocycles. The summed E-state index contributed by atoms with van der Waals surface area (Å²) in [5.41, 5.74) is 7.58. The van der Waals surface area contributed by atoms with E-state index in [1.165, 1.54) is 0 Å². The summed E-state index contributed by atoms with van der Waals surface area (Å²) >= 11 is 1.75. The third-order valence-electron chi connectivity index (χ3n) is 8.17. The average molecular weight is 810 g/mol. The standard InChI is InChI=1S/C38H26N6OS.Pt/c1-26-22-40(2)25-42(26)28-16-18-35-32(20-28)43(30-12-6-8-14-34(30)45-35)29-17-19-37-33(21-29)44(31-13-7-9-15-36(31)46-37)38-23-41(24-39-38)27-10-4-3-5-11-27;/h3-19,22-24H,1-2H3;/q-2;. The maximum atomic E-state index is 6.41. The van der Waals surface area contributed by atoms with E-state index >= 15 is 0 Å². The van der Waals surface area contributed by atoms with Gasteiger partial charge in [-0.05, 0) is 54.7 Å². The molecule has 2 aliphatic rings. The van der Waals surface area contributed by atoms with Crippen LogP contribution in [0, 0.1) is 25.4 Å². The Balaban J connectivity index is 0.00000324. The van der Waals surface area contributed by atoms with E-state index < -0.39 is 0 Å². The second-order valence-electron chi connectivity index (χ2n) is 11.2. The predicted octanol–water partition coefficient (Wildman–Crippen LogP) is 8.70. The summed E-state index contributed by atoms with van der Waals surface area (Å²) in [7, 11) is 1.97. The molecule has 0 unspecified atom stereocenters. The number of anilines is 6. The SMILES string of the molecule is Cc1c[n+](C)[c-]n1-c1[c-]c2c(cc1)Oc1ccccc1N2c1[c-]c2c(cc1)Sc1ccccc1N2c1cn(-c2ccccc2)cn1.[Pt]. The molecule has 0 saturated heterocycles. The summed E-state index contributed by atoms with van der Waals surface area (Å²) in [6.45, 7) is 2.06. The molecule has 9 heteroatoms. The van der Waals surface area contributed by atoms with Gasteiger partial charge in [0, 0.05) is 49.3 Å². The molecule has 0 N–H and O–H groups in total. The van der Waals surface area contributed by atoms with Crippen LogP contribution in [-0.2, 0) is 28.1 Å². The number of fused-ring (bicyclic) bond motifs is 4. The van der Waals surface area contributed by atoms with E-state index in [1.54, 1.807) is 11.8 Å². The normalized spacial score (nSPS) is 12.7. The van der Waals surface area contributed by atoms with Crippen molar-refractivity contribution >= 4 is 46.0 Å². The summed E-state index contributed by atoms with van der Waals surface area (Å²) in [5, 5.41) is 0. The van der Waals surface area contributed by atoms with Crippen molar-refractivity contribution in [3.8, 4) is 22.9 Å². The number of aromatic nitrogens is 4. The molecular weight excluding hydrogens is 784 g/mol. The molecule has 0 fully saturated rings. The number of para-hydroxylation sites is 4. The van der Waals surface area contributed by atoms with Crippen LogP contribution in [0.5, 0.6) is 11.5 Å². The van der Waals surface area contributed by atoms with Crippen LogP contribution < -0.4 is 19.1 Å². The Kier molecular flexibility index (Phi) is 7.27. The molecule has 0 atom stereocenters. The maximum absolute atomic E-state index is 6.41. The van der Waals surface area contributed by atoms with Crippen molar-refractivity contribution in [2.75, 3.05) is 9.80 Å². The van der Waals surface area contributed by atoms with Crippen LogP contribution in [0.15, 0.2) is 132 Å². The molecule has 0 amide bonds. The molecule has 5 aromatic carbocycles. The first-order valence-electron chi connectivity index (χ1n) is 14.9. The van der Waals surface area contributed by atoms with Crippen LogP contribution in [-0.4, -0.2) is 14.1 Å². The Morgan fingerprint density at radius 2 is 1.47 bits per heavy atom. The quantitative estimate of drug-likeness (QED) is 0.132. The van der Waals surface area contributed by atoms with Gasteiger partial charge in [-0.15, -0.1) is 18.2 Å². The summed E-state index contributed by atoms with van der Waals surface area (Å²) in [5.74, 6) is 2.31. The van der Waals surface area contributed by atoms with Gasteiger partial charge in [-0.25, -0.2) is 4.98 Å². The maximum Gasteiger partial charge on any atom is 0.241 e. The van der Waals surface area contributed by atoms with E-state index in [0.29, 0.717) is 0 Å². The van der Waals surface area contributed by atoms with Crippen LogP contribution >= 0.6 is 11.8 Å². The average Bonchev–Trinajstić information content (AvgIpc) is 3.72. The van der Waals surface area contributed by atoms with Crippen molar-refractivity contribution in [1.29, 1.82) is 0 Å². The van der Waals surface area contributed by atoms with E-state index in [1.807, 2.05) is 77.2 Å². The zero-order valence-corrected chi connectivity index (χ0v) is 28.5. The van der Waals surface area contributed by atoms with Crippen LogP contribution in [0.3, 0.4) is 0 Å². The minimum Gasteiger partial charge on any atom is -0.513 e. The summed E-state index contributed by atoms with van der Waals surface area (Å²) < 4.78 is 12.4. The first-order chi connectivity index (χ1) is 22.6. The molecule has 7 aromatic rings. The fourth-order valence-electron chi connectivity index (χ4n) is 6.11. The zero-order chi connectivity index (χ0) is 30.8. The van der Waals surface area contributed by atoms with Crippen molar-refractivity contribution in [2.24, 2.45) is 7.05 Å². The predicted molar refractivity (Wildman–Crippen MR) is 179 cm³/mol. The largest absolute Gasteiger partial charge is 0.513 e. The zero-order valence-electron chi connectivity index (χ0n) is 25.4. The number of rotatable bonds is 4. The number of aryl methyl sites for hydroxylation is 2. The molecule has 2 aliphatic heterocycles. The Morgan fingerprint density at radius 3 is 2.30 bits per heavy atom. The molecule has 9 rings (SSSR count). The van der Waals surface area contributed by atoms with Crippen LogP contribution in [0.4, 0.5) is 34.3 Å². The minimum absolute atomic E-state index is 0. The number of ether oxygens (including phenoxy) is 1. The second kappa shape index (κ2) is 11.6. The van der Waals surface area contributed by atoms with E-state index in [0.717, 1.165) is 72.6 Å². The molecule has 4 heterocycles. The van der Waals surface area contributed by atoms with Gasteiger partial charge in [0.05, 0.1) is 24.6 Å². The number of hydrogen-bond donors (Lipinski definition) is 0. The summed E-state index contributed by atoms with van der Waals surface area (Å²) in [6, 6.07) is 42.6. The van der Waals surface area contributed by atoms with Crippen LogP contribution in [0.1, 0.15) is 5.69 Å². The van der Waals surface area contributed by atoms with Crippen molar-refractivity contribution < 1.29 is 30.4 Å². The fraction of sp³-hybridized carbons (Fsp3) is 0.0526. The van der Waals surface area contributed by atoms with Gasteiger partial charge in [-0.3, -0.25) is 0 Å². The fourth-order valence-corrected chi connectivity index (χ4v) is 7.14. The van der Waals surface area contributed by atoms with Gasteiger partial charge >= 0.3 is 0 Å². The smallest absolute Gasteiger partial charge is 0.241 e. The third kappa shape index (κ3) is 4.96. The molecule has 7 nitrogen and oxygen atoms in total. The van der Waals surface area contributed by atoms with Gasteiger partial charge in [-0.1, -0.05) is 58.7 Å². The first-order valence-corrected chi connectivity index (χ1v) is 15.8. The van der Waals surface area contributed by atoms with Gasteiger partial charge < -0.3 is 28.2 Å². The Labute approximate surface area is 291 Å². The number of hydrogen-bond acceptors (Lipinski definition) is 5. The van der Waals surface area contributed by atoms with Gasteiger partial charge in [0.1, 0.15) is 12.1 Å². The number of imidazole rings is 2. The molecule has 0 radical (unpaired) electrons. The van der Waals surface area contributed by atoms with Gasteiger partial charge in [0.2, 0.25) is 6.33 Å². The minimum atomic E-state index is 0. The Morgan fingerprint density at radius 1 is 0.723 bits per heavy atom. The number of nitrogens with zero attached hydrogens (tertiary/aromatic N) is 6. The Hall–Kier alpha value is -5.04. The van der Waals surface area contributed by atoms with Crippen LogP contribution in [0.2, 0.25) is 0 Å². The Bertz CT molecular complexity index is 2280. The van der Waals surface area contributed by atoms with Gasteiger partial charge in [0.15, 0.2) is 5.82 Å². The van der Waals surface area contributed by atoms with Crippen molar-refractivity contribution in [1.82, 2.24) is 14.1 Å². The van der Waals surface area contributed by atoms with E-state index in [4.69, 9.17) is 9.72 Å².